The van der Waals surface area contributed by atoms with Gasteiger partial charge in [-0.05, 0) is 27.7 Å². The van der Waals surface area contributed by atoms with Gasteiger partial charge in [-0.1, -0.05) is 0 Å². The summed E-state index contributed by atoms with van der Waals surface area (Å²) in [6.45, 7) is 7.19. The van der Waals surface area contributed by atoms with Gasteiger partial charge in [0.2, 0.25) is 0 Å². The molecule has 0 spiro atoms. The highest BCUT2D eigenvalue weighted by molar-refractivity contribution is 5.97. The van der Waals surface area contributed by atoms with Crippen molar-refractivity contribution in [3.05, 3.63) is 22.6 Å². The number of furan rings is 1. The SMILES string of the molecule is Cc1oc(C)c(C(=O)NC2COCC2(C)C(=O)O)c1C. The van der Waals surface area contributed by atoms with Crippen molar-refractivity contribution in [3.63, 3.8) is 0 Å². The van der Waals surface area contributed by atoms with Crippen LogP contribution in [0, 0.1) is 26.2 Å². The highest BCUT2D eigenvalue weighted by Crippen LogP contribution is 2.29. The summed E-state index contributed by atoms with van der Waals surface area (Å²) in [4.78, 5) is 23.7. The number of carboxylic acid groups (broad SMARTS) is 1. The molecule has 1 aliphatic rings. The van der Waals surface area contributed by atoms with Gasteiger partial charge in [0.05, 0.1) is 24.8 Å². The van der Waals surface area contributed by atoms with Crippen molar-refractivity contribution >= 4 is 11.9 Å². The van der Waals surface area contributed by atoms with Crippen LogP contribution in [0.5, 0.6) is 0 Å². The van der Waals surface area contributed by atoms with Gasteiger partial charge in [0.25, 0.3) is 5.91 Å². The molecule has 0 aliphatic carbocycles. The third-order valence-electron chi connectivity index (χ3n) is 4.04. The molecule has 2 unspecified atom stereocenters. The van der Waals surface area contributed by atoms with Crippen molar-refractivity contribution in [2.75, 3.05) is 13.2 Å². The second-order valence-corrected chi connectivity index (χ2v) is 5.48. The van der Waals surface area contributed by atoms with E-state index in [2.05, 4.69) is 5.32 Å². The van der Waals surface area contributed by atoms with E-state index in [4.69, 9.17) is 9.15 Å². The molecule has 0 aromatic carbocycles. The zero-order valence-electron chi connectivity index (χ0n) is 12.1. The van der Waals surface area contributed by atoms with Crippen LogP contribution in [0.15, 0.2) is 4.42 Å². The maximum Gasteiger partial charge on any atom is 0.313 e. The number of carbonyl (C=O) groups excluding carboxylic acids is 1. The second-order valence-electron chi connectivity index (χ2n) is 5.48. The number of carboxylic acids is 1. The second kappa shape index (κ2) is 4.94. The fraction of sp³-hybridized carbons (Fsp3) is 0.571. The minimum atomic E-state index is -1.10. The molecule has 2 rings (SSSR count). The van der Waals surface area contributed by atoms with Crippen LogP contribution >= 0.6 is 0 Å². The molecular weight excluding hydrogens is 262 g/mol. The van der Waals surface area contributed by atoms with Crippen molar-refractivity contribution in [1.29, 1.82) is 0 Å². The lowest BCUT2D eigenvalue weighted by Crippen LogP contribution is -2.49. The summed E-state index contributed by atoms with van der Waals surface area (Å²) in [7, 11) is 0. The van der Waals surface area contributed by atoms with E-state index in [1.54, 1.807) is 20.8 Å². The van der Waals surface area contributed by atoms with Gasteiger partial charge in [-0.25, -0.2) is 0 Å². The Kier molecular flexibility index (Phi) is 3.60. The van der Waals surface area contributed by atoms with E-state index in [1.165, 1.54) is 0 Å². The monoisotopic (exact) mass is 281 g/mol. The van der Waals surface area contributed by atoms with E-state index in [0.29, 0.717) is 17.1 Å². The van der Waals surface area contributed by atoms with Crippen molar-refractivity contribution in [2.24, 2.45) is 5.41 Å². The predicted octanol–water partition coefficient (Wildman–Crippen LogP) is 1.42. The van der Waals surface area contributed by atoms with Gasteiger partial charge in [-0.2, -0.15) is 0 Å². The van der Waals surface area contributed by atoms with E-state index in [1.807, 2.05) is 6.92 Å². The molecule has 1 aromatic heterocycles. The number of nitrogens with one attached hydrogen (secondary N) is 1. The molecule has 2 heterocycles. The molecule has 20 heavy (non-hydrogen) atoms. The Bertz CT molecular complexity index is 562. The molecule has 1 aromatic rings. The average molecular weight is 281 g/mol. The number of hydrogen-bond acceptors (Lipinski definition) is 4. The van der Waals surface area contributed by atoms with Crippen LogP contribution in [-0.2, 0) is 9.53 Å². The topological polar surface area (TPSA) is 88.8 Å². The van der Waals surface area contributed by atoms with Gasteiger partial charge in [0.1, 0.15) is 16.9 Å². The number of amides is 1. The third kappa shape index (κ3) is 2.20. The van der Waals surface area contributed by atoms with Crippen LogP contribution in [0.25, 0.3) is 0 Å². The standard InChI is InChI=1S/C14H19NO5/c1-7-8(2)20-9(3)11(7)12(16)15-10-5-19-6-14(10,4)13(17)18/h10H,5-6H2,1-4H3,(H,15,16)(H,17,18). The van der Waals surface area contributed by atoms with Crippen molar-refractivity contribution in [2.45, 2.75) is 33.7 Å². The lowest BCUT2D eigenvalue weighted by atomic mass is 9.85. The lowest BCUT2D eigenvalue weighted by Gasteiger charge is -2.25. The number of carbonyl (C=O) groups is 2. The summed E-state index contributed by atoms with van der Waals surface area (Å²) in [5, 5.41) is 12.0. The molecule has 1 saturated heterocycles. The van der Waals surface area contributed by atoms with Crippen molar-refractivity contribution in [3.8, 4) is 0 Å². The third-order valence-corrected chi connectivity index (χ3v) is 4.04. The zero-order valence-corrected chi connectivity index (χ0v) is 12.1. The van der Waals surface area contributed by atoms with Crippen LogP contribution in [0.4, 0.5) is 0 Å². The fourth-order valence-corrected chi connectivity index (χ4v) is 2.44. The Morgan fingerprint density at radius 2 is 1.95 bits per heavy atom. The molecule has 110 valence electrons. The minimum absolute atomic E-state index is 0.0929. The van der Waals surface area contributed by atoms with E-state index in [9.17, 15) is 14.7 Å². The first-order chi connectivity index (χ1) is 9.27. The molecule has 1 aliphatic heterocycles. The number of aryl methyl sites for hydroxylation is 2. The molecular formula is C14H19NO5. The molecule has 2 atom stereocenters. The van der Waals surface area contributed by atoms with Crippen LogP contribution in [0.2, 0.25) is 0 Å². The van der Waals surface area contributed by atoms with Crippen LogP contribution in [0.3, 0.4) is 0 Å². The Morgan fingerprint density at radius 3 is 2.45 bits per heavy atom. The first-order valence-electron chi connectivity index (χ1n) is 6.46. The highest BCUT2D eigenvalue weighted by Gasteiger charge is 2.47. The number of hydrogen-bond donors (Lipinski definition) is 2. The van der Waals surface area contributed by atoms with E-state index in [-0.39, 0.29) is 19.1 Å². The largest absolute Gasteiger partial charge is 0.481 e. The fourth-order valence-electron chi connectivity index (χ4n) is 2.44. The van der Waals surface area contributed by atoms with Gasteiger partial charge in [-0.15, -0.1) is 0 Å². The number of aliphatic carboxylic acids is 1. The molecule has 6 heteroatoms. The van der Waals surface area contributed by atoms with Gasteiger partial charge < -0.3 is 19.6 Å². The molecule has 0 radical (unpaired) electrons. The first kappa shape index (κ1) is 14.6. The zero-order chi connectivity index (χ0) is 15.1. The Hall–Kier alpha value is -1.82. The number of ether oxygens (including phenoxy) is 1. The highest BCUT2D eigenvalue weighted by atomic mass is 16.5. The summed E-state index contributed by atoms with van der Waals surface area (Å²) in [5.41, 5.74) is 0.147. The van der Waals surface area contributed by atoms with Crippen molar-refractivity contribution < 1.29 is 23.8 Å². The molecule has 6 nitrogen and oxygen atoms in total. The summed E-state index contributed by atoms with van der Waals surface area (Å²) in [5.74, 6) is -0.0679. The lowest BCUT2D eigenvalue weighted by molar-refractivity contribution is -0.148. The van der Waals surface area contributed by atoms with Gasteiger partial charge in [0.15, 0.2) is 0 Å². The van der Waals surface area contributed by atoms with Crippen LogP contribution in [-0.4, -0.2) is 36.2 Å². The maximum atomic E-state index is 12.3. The van der Waals surface area contributed by atoms with Gasteiger partial charge in [-0.3, -0.25) is 9.59 Å². The molecule has 2 N–H and O–H groups in total. The number of rotatable bonds is 3. The minimum Gasteiger partial charge on any atom is -0.481 e. The molecule has 1 amide bonds. The average Bonchev–Trinajstić information content (AvgIpc) is 2.83. The summed E-state index contributed by atoms with van der Waals surface area (Å²) in [6.07, 6.45) is 0. The van der Waals surface area contributed by atoms with E-state index < -0.39 is 17.4 Å². The Balaban J connectivity index is 2.22. The quantitative estimate of drug-likeness (QED) is 0.874. The van der Waals surface area contributed by atoms with Crippen molar-refractivity contribution in [1.82, 2.24) is 5.32 Å². The normalized spacial score (nSPS) is 25.7. The van der Waals surface area contributed by atoms with E-state index in [0.717, 1.165) is 5.56 Å². The Labute approximate surface area is 117 Å². The van der Waals surface area contributed by atoms with Crippen LogP contribution in [0.1, 0.15) is 34.4 Å². The first-order valence-corrected chi connectivity index (χ1v) is 6.46. The van der Waals surface area contributed by atoms with Gasteiger partial charge >= 0.3 is 5.97 Å². The molecule has 1 fully saturated rings. The smallest absolute Gasteiger partial charge is 0.313 e. The molecule has 0 saturated carbocycles. The molecule has 0 bridgehead atoms. The van der Waals surface area contributed by atoms with Crippen LogP contribution < -0.4 is 5.32 Å². The maximum absolute atomic E-state index is 12.3. The van der Waals surface area contributed by atoms with Gasteiger partial charge in [0, 0.05) is 5.56 Å². The summed E-state index contributed by atoms with van der Waals surface area (Å²) in [6, 6.07) is -0.554. The Morgan fingerprint density at radius 1 is 1.30 bits per heavy atom. The van der Waals surface area contributed by atoms with E-state index >= 15 is 0 Å². The summed E-state index contributed by atoms with van der Waals surface area (Å²) < 4.78 is 10.6. The summed E-state index contributed by atoms with van der Waals surface area (Å²) >= 11 is 0. The predicted molar refractivity (Wildman–Crippen MR) is 70.7 cm³/mol.